The van der Waals surface area contributed by atoms with Crippen LogP contribution in [0.3, 0.4) is 0 Å². The average molecular weight is 502 g/mol. The minimum absolute atomic E-state index is 0. The van der Waals surface area contributed by atoms with E-state index in [0.29, 0.717) is 6.04 Å². The number of guanidine groups is 1. The Morgan fingerprint density at radius 1 is 1.29 bits per heavy atom. The number of aryl methyl sites for hydroxylation is 1. The van der Waals surface area contributed by atoms with Crippen molar-refractivity contribution in [3.8, 4) is 5.75 Å². The highest BCUT2D eigenvalue weighted by Crippen LogP contribution is 2.17. The molecule has 1 aromatic carbocycles. The van der Waals surface area contributed by atoms with Crippen LogP contribution in [0.1, 0.15) is 25.3 Å². The average Bonchev–Trinajstić information content (AvgIpc) is 3.21. The van der Waals surface area contributed by atoms with Crippen molar-refractivity contribution in [2.24, 2.45) is 4.99 Å². The normalized spacial score (nSPS) is 20.7. The molecule has 2 heterocycles. The second-order valence-electron chi connectivity index (χ2n) is 7.23. The number of nitrogens with zero attached hydrogens (tertiary/aromatic N) is 3. The Balaban J connectivity index is 0.00000280. The van der Waals surface area contributed by atoms with Crippen LogP contribution in [0.4, 0.5) is 0 Å². The number of halogens is 1. The van der Waals surface area contributed by atoms with Gasteiger partial charge in [-0.15, -0.1) is 24.0 Å². The van der Waals surface area contributed by atoms with Crippen molar-refractivity contribution >= 4 is 29.9 Å². The zero-order valence-electron chi connectivity index (χ0n) is 17.2. The van der Waals surface area contributed by atoms with E-state index in [-0.39, 0.29) is 24.0 Å². The van der Waals surface area contributed by atoms with E-state index in [0.717, 1.165) is 77.0 Å². The molecule has 1 unspecified atom stereocenters. The van der Waals surface area contributed by atoms with Crippen molar-refractivity contribution in [2.45, 2.75) is 32.2 Å². The van der Waals surface area contributed by atoms with Gasteiger partial charge in [0.05, 0.1) is 20.3 Å². The van der Waals surface area contributed by atoms with Crippen molar-refractivity contribution in [1.82, 2.24) is 15.1 Å². The highest BCUT2D eigenvalue weighted by Gasteiger charge is 2.30. The second kappa shape index (κ2) is 12.5. The Bertz CT molecular complexity index is 608. The Hall–Kier alpha value is -1.06. The van der Waals surface area contributed by atoms with Gasteiger partial charge in [-0.1, -0.05) is 12.1 Å². The summed E-state index contributed by atoms with van der Waals surface area (Å²) in [5, 5.41) is 3.48. The minimum Gasteiger partial charge on any atom is -0.497 e. The smallest absolute Gasteiger partial charge is 0.193 e. The highest BCUT2D eigenvalue weighted by molar-refractivity contribution is 14.0. The molecule has 28 heavy (non-hydrogen) atoms. The number of likely N-dealkylation sites (tertiary alicyclic amines) is 1. The Kier molecular flexibility index (Phi) is 10.4. The molecular weight excluding hydrogens is 467 g/mol. The molecule has 0 aliphatic carbocycles. The van der Waals surface area contributed by atoms with E-state index in [9.17, 15) is 0 Å². The standard InChI is InChI=1S/C21H34N4O2.HI/c1-3-22-21(23-10-5-7-18-6-4-8-20(16-18)26-2)25-11-9-19(17-25)24-12-14-27-15-13-24;/h4,6,8,16,19H,3,5,7,9-15,17H2,1-2H3,(H,22,23);1H. The molecule has 0 radical (unpaired) electrons. The monoisotopic (exact) mass is 502 g/mol. The maximum Gasteiger partial charge on any atom is 0.193 e. The SMILES string of the molecule is CCNC(=NCCCc1cccc(OC)c1)N1CCC(N2CCOCC2)C1.I. The van der Waals surface area contributed by atoms with Crippen LogP contribution in [-0.2, 0) is 11.2 Å². The van der Waals surface area contributed by atoms with Gasteiger partial charge in [-0.3, -0.25) is 9.89 Å². The number of rotatable bonds is 7. The minimum atomic E-state index is 0. The summed E-state index contributed by atoms with van der Waals surface area (Å²) in [5.74, 6) is 1.99. The van der Waals surface area contributed by atoms with Crippen molar-refractivity contribution in [3.63, 3.8) is 0 Å². The molecule has 158 valence electrons. The fourth-order valence-electron chi connectivity index (χ4n) is 3.90. The van der Waals surface area contributed by atoms with Gasteiger partial charge in [0.25, 0.3) is 0 Å². The Labute approximate surface area is 186 Å². The third-order valence-electron chi connectivity index (χ3n) is 5.38. The number of aliphatic imine (C=N–C) groups is 1. The van der Waals surface area contributed by atoms with E-state index >= 15 is 0 Å². The molecule has 3 rings (SSSR count). The summed E-state index contributed by atoms with van der Waals surface area (Å²) < 4.78 is 10.8. The van der Waals surface area contributed by atoms with E-state index in [2.05, 4.69) is 40.2 Å². The number of nitrogens with one attached hydrogen (secondary N) is 1. The van der Waals surface area contributed by atoms with E-state index in [4.69, 9.17) is 14.5 Å². The van der Waals surface area contributed by atoms with Crippen LogP contribution in [0.2, 0.25) is 0 Å². The molecular formula is C21H35IN4O2. The zero-order valence-corrected chi connectivity index (χ0v) is 19.6. The molecule has 2 aliphatic heterocycles. The Morgan fingerprint density at radius 2 is 2.11 bits per heavy atom. The fraction of sp³-hybridized carbons (Fsp3) is 0.667. The summed E-state index contributed by atoms with van der Waals surface area (Å²) >= 11 is 0. The zero-order chi connectivity index (χ0) is 18.9. The van der Waals surface area contributed by atoms with Gasteiger partial charge >= 0.3 is 0 Å². The predicted octanol–water partition coefficient (Wildman–Crippen LogP) is 2.62. The van der Waals surface area contributed by atoms with Crippen LogP contribution in [0.15, 0.2) is 29.3 Å². The molecule has 0 amide bonds. The summed E-state index contributed by atoms with van der Waals surface area (Å²) in [6.45, 7) is 9.92. The second-order valence-corrected chi connectivity index (χ2v) is 7.23. The van der Waals surface area contributed by atoms with Crippen LogP contribution in [-0.4, -0.2) is 81.4 Å². The molecule has 1 atom stereocenters. The quantitative estimate of drug-likeness (QED) is 0.269. The molecule has 6 nitrogen and oxygen atoms in total. The maximum absolute atomic E-state index is 5.49. The van der Waals surface area contributed by atoms with Gasteiger partial charge in [-0.05, 0) is 43.9 Å². The number of morpholine rings is 1. The van der Waals surface area contributed by atoms with Crippen molar-refractivity contribution < 1.29 is 9.47 Å². The lowest BCUT2D eigenvalue weighted by molar-refractivity contribution is 0.0195. The van der Waals surface area contributed by atoms with Gasteiger partial charge in [0.15, 0.2) is 5.96 Å². The topological polar surface area (TPSA) is 49.3 Å². The van der Waals surface area contributed by atoms with E-state index in [1.54, 1.807) is 7.11 Å². The fourth-order valence-corrected chi connectivity index (χ4v) is 3.90. The predicted molar refractivity (Wildman–Crippen MR) is 125 cm³/mol. The molecule has 2 fully saturated rings. The first-order chi connectivity index (χ1) is 13.3. The molecule has 2 saturated heterocycles. The maximum atomic E-state index is 5.49. The van der Waals surface area contributed by atoms with Crippen molar-refractivity contribution in [3.05, 3.63) is 29.8 Å². The third-order valence-corrected chi connectivity index (χ3v) is 5.38. The molecule has 0 aromatic heterocycles. The van der Waals surface area contributed by atoms with E-state index in [1.807, 2.05) is 6.07 Å². The largest absolute Gasteiger partial charge is 0.497 e. The lowest BCUT2D eigenvalue weighted by Gasteiger charge is -2.32. The van der Waals surface area contributed by atoms with Gasteiger partial charge in [-0.2, -0.15) is 0 Å². The first-order valence-electron chi connectivity index (χ1n) is 10.3. The molecule has 0 saturated carbocycles. The molecule has 0 bridgehead atoms. The summed E-state index contributed by atoms with van der Waals surface area (Å²) in [6, 6.07) is 8.95. The molecule has 0 spiro atoms. The van der Waals surface area contributed by atoms with Gasteiger partial charge in [0, 0.05) is 45.3 Å². The number of hydrogen-bond donors (Lipinski definition) is 1. The Morgan fingerprint density at radius 3 is 2.86 bits per heavy atom. The lowest BCUT2D eigenvalue weighted by Crippen LogP contribution is -2.46. The number of hydrogen-bond acceptors (Lipinski definition) is 4. The molecule has 2 aliphatic rings. The third kappa shape index (κ3) is 6.77. The molecule has 7 heteroatoms. The molecule has 1 aromatic rings. The first-order valence-corrected chi connectivity index (χ1v) is 10.3. The van der Waals surface area contributed by atoms with Gasteiger partial charge in [-0.25, -0.2) is 0 Å². The summed E-state index contributed by atoms with van der Waals surface area (Å²) in [4.78, 5) is 9.89. The lowest BCUT2D eigenvalue weighted by atomic mass is 10.1. The van der Waals surface area contributed by atoms with Gasteiger partial charge in [0.1, 0.15) is 5.75 Å². The number of ether oxygens (including phenoxy) is 2. The van der Waals surface area contributed by atoms with Crippen LogP contribution in [0, 0.1) is 0 Å². The first kappa shape index (κ1) is 23.2. The molecule has 1 N–H and O–H groups in total. The van der Waals surface area contributed by atoms with Crippen molar-refractivity contribution in [2.75, 3.05) is 59.6 Å². The summed E-state index contributed by atoms with van der Waals surface area (Å²) in [7, 11) is 1.71. The summed E-state index contributed by atoms with van der Waals surface area (Å²) in [6.07, 6.45) is 3.29. The van der Waals surface area contributed by atoms with Gasteiger partial charge in [0.2, 0.25) is 0 Å². The van der Waals surface area contributed by atoms with Crippen LogP contribution in [0.5, 0.6) is 5.75 Å². The highest BCUT2D eigenvalue weighted by atomic mass is 127. The number of methoxy groups -OCH3 is 1. The van der Waals surface area contributed by atoms with E-state index < -0.39 is 0 Å². The van der Waals surface area contributed by atoms with Crippen LogP contribution in [0.25, 0.3) is 0 Å². The number of benzene rings is 1. The van der Waals surface area contributed by atoms with E-state index in [1.165, 1.54) is 12.0 Å². The summed E-state index contributed by atoms with van der Waals surface area (Å²) in [5.41, 5.74) is 1.31. The van der Waals surface area contributed by atoms with Crippen LogP contribution >= 0.6 is 24.0 Å². The van der Waals surface area contributed by atoms with Crippen LogP contribution < -0.4 is 10.1 Å². The van der Waals surface area contributed by atoms with Crippen molar-refractivity contribution in [1.29, 1.82) is 0 Å². The van der Waals surface area contributed by atoms with Gasteiger partial charge < -0.3 is 19.7 Å².